The van der Waals surface area contributed by atoms with E-state index < -0.39 is 0 Å². The minimum Gasteiger partial charge on any atom is -0.290 e. The maximum absolute atomic E-state index is 11.5. The van der Waals surface area contributed by atoms with E-state index in [4.69, 9.17) is 0 Å². The summed E-state index contributed by atoms with van der Waals surface area (Å²) in [6.45, 7) is 4.62. The fraction of sp³-hybridized carbons (Fsp3) is 0.400. The first kappa shape index (κ1) is 15.0. The van der Waals surface area contributed by atoms with Crippen LogP contribution in [0.4, 0.5) is 0 Å². The van der Waals surface area contributed by atoms with E-state index in [1.165, 1.54) is 24.0 Å². The lowest BCUT2D eigenvalue weighted by atomic mass is 9.52. The highest BCUT2D eigenvalue weighted by atomic mass is 16.3. The van der Waals surface area contributed by atoms with Gasteiger partial charge in [0.2, 0.25) is 0 Å². The highest BCUT2D eigenvalue weighted by Crippen LogP contribution is 2.56. The van der Waals surface area contributed by atoms with Crippen LogP contribution in [0.1, 0.15) is 50.7 Å². The molecule has 0 spiro atoms. The second-order valence-electron chi connectivity index (χ2n) is 7.05. The lowest BCUT2D eigenvalue weighted by molar-refractivity contribution is 0.128. The van der Waals surface area contributed by atoms with Crippen LogP contribution in [0.25, 0.3) is 0 Å². The first-order valence-corrected chi connectivity index (χ1v) is 8.01. The van der Waals surface area contributed by atoms with Crippen molar-refractivity contribution in [3.63, 3.8) is 0 Å². The number of hydrogen-bond donors (Lipinski definition) is 0. The van der Waals surface area contributed by atoms with E-state index in [9.17, 15) is 10.2 Å². The van der Waals surface area contributed by atoms with E-state index in [-0.39, 0.29) is 22.3 Å². The third-order valence-corrected chi connectivity index (χ3v) is 5.45. The van der Waals surface area contributed by atoms with Gasteiger partial charge in [-0.2, -0.15) is 0 Å². The molecule has 0 unspecified atom stereocenters. The van der Waals surface area contributed by atoms with Crippen LogP contribution in [0.3, 0.4) is 0 Å². The maximum Gasteiger partial charge on any atom is 0.178 e. The molecule has 0 saturated heterocycles. The van der Waals surface area contributed by atoms with Crippen LogP contribution in [-0.4, -0.2) is 0 Å². The fourth-order valence-electron chi connectivity index (χ4n) is 4.22. The van der Waals surface area contributed by atoms with Gasteiger partial charge in [-0.3, -0.25) is 10.2 Å². The van der Waals surface area contributed by atoms with Crippen LogP contribution in [0.2, 0.25) is 0 Å². The van der Waals surface area contributed by atoms with E-state index in [1.807, 2.05) is 24.3 Å². The van der Waals surface area contributed by atoms with E-state index in [0.717, 1.165) is 12.8 Å². The zero-order valence-electron chi connectivity index (χ0n) is 13.3. The normalized spacial score (nSPS) is 19.7. The highest BCUT2D eigenvalue weighted by Gasteiger charge is 2.48. The van der Waals surface area contributed by atoms with Gasteiger partial charge in [-0.1, -0.05) is 51.0 Å². The number of benzene rings is 2. The molecule has 2 radical (unpaired) electrons. The molecule has 0 amide bonds. The molecule has 0 heterocycles. The van der Waals surface area contributed by atoms with Crippen molar-refractivity contribution in [1.29, 1.82) is 0 Å². The molecular formula is C20H22O2. The van der Waals surface area contributed by atoms with Gasteiger partial charge < -0.3 is 0 Å². The van der Waals surface area contributed by atoms with Crippen LogP contribution >= 0.6 is 0 Å². The Balaban J connectivity index is 2.21. The molecule has 3 rings (SSSR count). The molecule has 0 atom stereocenters. The van der Waals surface area contributed by atoms with Crippen molar-refractivity contribution in [3.05, 3.63) is 59.7 Å². The molecule has 0 N–H and O–H groups in total. The standard InChI is InChI=1S/C20H22O2/c1-19(2)13-3-4-14-20(19,15-5-9-17(21)10-6-15)16-7-11-18(22)12-8-16/h5-12H,3-4,13-14H2,1-2H3. The molecule has 22 heavy (non-hydrogen) atoms. The van der Waals surface area contributed by atoms with Crippen molar-refractivity contribution in [2.24, 2.45) is 5.41 Å². The Morgan fingerprint density at radius 1 is 0.682 bits per heavy atom. The van der Waals surface area contributed by atoms with Crippen molar-refractivity contribution in [1.82, 2.24) is 0 Å². The molecule has 114 valence electrons. The molecule has 0 aliphatic heterocycles. The Labute approximate surface area is 132 Å². The van der Waals surface area contributed by atoms with Gasteiger partial charge in [0.25, 0.3) is 0 Å². The largest absolute Gasteiger partial charge is 0.290 e. The molecule has 1 aliphatic carbocycles. The Morgan fingerprint density at radius 3 is 1.50 bits per heavy atom. The van der Waals surface area contributed by atoms with Gasteiger partial charge in [-0.15, -0.1) is 0 Å². The molecule has 2 nitrogen and oxygen atoms in total. The summed E-state index contributed by atoms with van der Waals surface area (Å²) in [5, 5.41) is 23.0. The number of hydrogen-bond acceptors (Lipinski definition) is 0. The van der Waals surface area contributed by atoms with Crippen LogP contribution in [0.15, 0.2) is 48.5 Å². The zero-order valence-corrected chi connectivity index (χ0v) is 13.3. The first-order valence-electron chi connectivity index (χ1n) is 8.01. The third-order valence-electron chi connectivity index (χ3n) is 5.45. The summed E-state index contributed by atoms with van der Waals surface area (Å²) in [6, 6.07) is 14.5. The highest BCUT2D eigenvalue weighted by molar-refractivity contribution is 5.45. The molecule has 1 fully saturated rings. The molecule has 2 heteroatoms. The van der Waals surface area contributed by atoms with Crippen LogP contribution in [0.5, 0.6) is 11.5 Å². The fourth-order valence-corrected chi connectivity index (χ4v) is 4.22. The van der Waals surface area contributed by atoms with Crippen molar-refractivity contribution in [2.45, 2.75) is 44.9 Å². The second-order valence-corrected chi connectivity index (χ2v) is 7.05. The Hall–Kier alpha value is -1.96. The number of rotatable bonds is 2. The van der Waals surface area contributed by atoms with Crippen LogP contribution < -0.4 is 0 Å². The monoisotopic (exact) mass is 294 g/mol. The Morgan fingerprint density at radius 2 is 1.09 bits per heavy atom. The van der Waals surface area contributed by atoms with Gasteiger partial charge in [0, 0.05) is 5.41 Å². The van der Waals surface area contributed by atoms with Crippen molar-refractivity contribution < 1.29 is 10.2 Å². The van der Waals surface area contributed by atoms with Crippen LogP contribution in [-0.2, 0) is 15.6 Å². The van der Waals surface area contributed by atoms with Gasteiger partial charge in [-0.25, -0.2) is 0 Å². The first-order chi connectivity index (χ1) is 10.5. The van der Waals surface area contributed by atoms with E-state index in [2.05, 4.69) is 13.8 Å². The maximum atomic E-state index is 11.5. The average molecular weight is 294 g/mol. The smallest absolute Gasteiger partial charge is 0.178 e. The van der Waals surface area contributed by atoms with Crippen LogP contribution in [0, 0.1) is 5.41 Å². The van der Waals surface area contributed by atoms with Crippen molar-refractivity contribution in [2.75, 3.05) is 0 Å². The van der Waals surface area contributed by atoms with Gasteiger partial charge in [0.1, 0.15) is 0 Å². The molecule has 2 aromatic carbocycles. The summed E-state index contributed by atoms with van der Waals surface area (Å²) >= 11 is 0. The Bertz CT molecular complexity index is 593. The molecule has 0 aromatic heterocycles. The second kappa shape index (κ2) is 5.35. The summed E-state index contributed by atoms with van der Waals surface area (Å²) in [6.07, 6.45) is 4.59. The van der Waals surface area contributed by atoms with E-state index in [1.54, 1.807) is 24.3 Å². The van der Waals surface area contributed by atoms with Gasteiger partial charge >= 0.3 is 0 Å². The summed E-state index contributed by atoms with van der Waals surface area (Å²) in [5.41, 5.74) is 2.33. The van der Waals surface area contributed by atoms with E-state index >= 15 is 0 Å². The predicted octanol–water partition coefficient (Wildman–Crippen LogP) is 5.86. The zero-order chi connectivity index (χ0) is 15.8. The Kier molecular flexibility index (Phi) is 3.64. The summed E-state index contributed by atoms with van der Waals surface area (Å²) in [4.78, 5) is 0. The van der Waals surface area contributed by atoms with Gasteiger partial charge in [0.15, 0.2) is 11.5 Å². The van der Waals surface area contributed by atoms with Gasteiger partial charge in [-0.05, 0) is 53.6 Å². The lowest BCUT2D eigenvalue weighted by Crippen LogP contribution is -2.45. The minimum absolute atomic E-state index is 0.0439. The summed E-state index contributed by atoms with van der Waals surface area (Å²) in [7, 11) is 0. The van der Waals surface area contributed by atoms with Crippen molar-refractivity contribution in [3.8, 4) is 11.5 Å². The quantitative estimate of drug-likeness (QED) is 0.665. The minimum atomic E-state index is -0.132. The molecule has 0 bridgehead atoms. The SMILES string of the molecule is CC1(C)CCCCC1(c1ccc([O])cc1)c1ccc([O])cc1. The average Bonchev–Trinajstić information content (AvgIpc) is 2.49. The van der Waals surface area contributed by atoms with E-state index in [0.29, 0.717) is 0 Å². The van der Waals surface area contributed by atoms with Crippen molar-refractivity contribution >= 4 is 0 Å². The molecule has 2 aromatic rings. The van der Waals surface area contributed by atoms with Gasteiger partial charge in [0.05, 0.1) is 0 Å². The summed E-state index contributed by atoms with van der Waals surface area (Å²) in [5.74, 6) is 0.0878. The molecule has 1 saturated carbocycles. The molecule has 1 aliphatic rings. The third kappa shape index (κ3) is 2.27. The molecular weight excluding hydrogens is 272 g/mol. The predicted molar refractivity (Wildman–Crippen MR) is 86.2 cm³/mol. The lowest BCUT2D eigenvalue weighted by Gasteiger charge is -2.51. The topological polar surface area (TPSA) is 39.8 Å². The summed E-state index contributed by atoms with van der Waals surface area (Å²) < 4.78 is 0.